The summed E-state index contributed by atoms with van der Waals surface area (Å²) in [4.78, 5) is 0. The van der Waals surface area contributed by atoms with Crippen molar-refractivity contribution in [1.29, 1.82) is 0 Å². The Balaban J connectivity index is 1.65. The third kappa shape index (κ3) is 5.64. The van der Waals surface area contributed by atoms with Gasteiger partial charge in [-0.2, -0.15) is 0 Å². The lowest BCUT2D eigenvalue weighted by molar-refractivity contribution is 0.174. The molecule has 0 spiro atoms. The smallest absolute Gasteiger partial charge is 0.180 e. The average Bonchev–Trinajstić information content (AvgIpc) is 2.74. The molecule has 7 heteroatoms. The molecule has 0 aliphatic rings. The van der Waals surface area contributed by atoms with Crippen molar-refractivity contribution in [1.82, 2.24) is 5.32 Å². The van der Waals surface area contributed by atoms with Gasteiger partial charge in [-0.25, -0.2) is 4.39 Å². The van der Waals surface area contributed by atoms with Crippen molar-refractivity contribution in [2.75, 3.05) is 13.7 Å². The van der Waals surface area contributed by atoms with Crippen LogP contribution in [0.4, 0.5) is 4.39 Å². The number of methoxy groups -OCH3 is 1. The Morgan fingerprint density at radius 1 is 1.03 bits per heavy atom. The zero-order valence-electron chi connectivity index (χ0n) is 16.4. The van der Waals surface area contributed by atoms with E-state index in [-0.39, 0.29) is 17.2 Å². The first-order valence-corrected chi connectivity index (χ1v) is 10.1. The normalized spacial score (nSPS) is 11.9. The van der Waals surface area contributed by atoms with E-state index < -0.39 is 11.9 Å². The summed E-state index contributed by atoms with van der Waals surface area (Å²) in [6.45, 7) is 0.774. The maximum Gasteiger partial charge on any atom is 0.180 e. The molecule has 1 unspecified atom stereocenters. The molecule has 0 heterocycles. The molecular formula is C23H22Cl2FNO3. The third-order valence-corrected chi connectivity index (χ3v) is 5.20. The molecule has 3 aromatic carbocycles. The Morgan fingerprint density at radius 3 is 2.50 bits per heavy atom. The summed E-state index contributed by atoms with van der Waals surface area (Å²) >= 11 is 12.4. The number of rotatable bonds is 9. The van der Waals surface area contributed by atoms with Crippen LogP contribution >= 0.6 is 23.2 Å². The molecule has 0 saturated heterocycles. The van der Waals surface area contributed by atoms with Crippen LogP contribution in [0.2, 0.25) is 10.0 Å². The first-order chi connectivity index (χ1) is 14.5. The lowest BCUT2D eigenvalue weighted by Gasteiger charge is -2.16. The van der Waals surface area contributed by atoms with Gasteiger partial charge in [0, 0.05) is 18.7 Å². The molecule has 1 atom stereocenters. The third-order valence-electron chi connectivity index (χ3n) is 4.56. The second-order valence-corrected chi connectivity index (χ2v) is 7.47. The van der Waals surface area contributed by atoms with Crippen molar-refractivity contribution in [3.05, 3.63) is 93.2 Å². The Bertz CT molecular complexity index is 965. The molecule has 2 N–H and O–H groups in total. The number of aliphatic hydroxyl groups excluding tert-OH is 1. The van der Waals surface area contributed by atoms with Gasteiger partial charge in [0.25, 0.3) is 0 Å². The maximum absolute atomic E-state index is 14.0. The van der Waals surface area contributed by atoms with Crippen molar-refractivity contribution >= 4 is 23.2 Å². The van der Waals surface area contributed by atoms with Crippen LogP contribution in [-0.2, 0) is 13.2 Å². The van der Waals surface area contributed by atoms with Crippen LogP contribution in [0.1, 0.15) is 22.8 Å². The molecule has 0 saturated carbocycles. The lowest BCUT2D eigenvalue weighted by Crippen LogP contribution is -2.21. The van der Waals surface area contributed by atoms with Crippen LogP contribution < -0.4 is 14.8 Å². The summed E-state index contributed by atoms with van der Waals surface area (Å²) in [7, 11) is 1.50. The SMILES string of the molecule is COc1cc(CNCC(O)c2ccccc2)cc(Cl)c1OCc1c(F)cccc1Cl. The van der Waals surface area contributed by atoms with E-state index in [0.717, 1.165) is 11.1 Å². The van der Waals surface area contributed by atoms with Gasteiger partial charge < -0.3 is 19.9 Å². The highest BCUT2D eigenvalue weighted by Gasteiger charge is 2.15. The molecule has 0 fully saturated rings. The van der Waals surface area contributed by atoms with Crippen LogP contribution in [-0.4, -0.2) is 18.8 Å². The predicted molar refractivity (Wildman–Crippen MR) is 117 cm³/mol. The molecule has 0 bridgehead atoms. The van der Waals surface area contributed by atoms with Gasteiger partial charge in [-0.3, -0.25) is 0 Å². The second kappa shape index (κ2) is 10.6. The van der Waals surface area contributed by atoms with Crippen LogP contribution in [0.25, 0.3) is 0 Å². The van der Waals surface area contributed by atoms with Gasteiger partial charge in [-0.05, 0) is 35.4 Å². The Labute approximate surface area is 185 Å². The fourth-order valence-electron chi connectivity index (χ4n) is 2.98. The predicted octanol–water partition coefficient (Wildman–Crippen LogP) is 5.54. The van der Waals surface area contributed by atoms with E-state index in [1.54, 1.807) is 18.2 Å². The molecule has 3 aromatic rings. The molecule has 4 nitrogen and oxygen atoms in total. The van der Waals surface area contributed by atoms with Crippen molar-refractivity contribution in [3.63, 3.8) is 0 Å². The van der Waals surface area contributed by atoms with Gasteiger partial charge in [-0.1, -0.05) is 59.6 Å². The van der Waals surface area contributed by atoms with Crippen LogP contribution in [0, 0.1) is 5.82 Å². The second-order valence-electron chi connectivity index (χ2n) is 6.66. The molecule has 158 valence electrons. The Kier molecular flexibility index (Phi) is 7.94. The van der Waals surface area contributed by atoms with E-state index in [1.165, 1.54) is 19.2 Å². The summed E-state index contributed by atoms with van der Waals surface area (Å²) in [5, 5.41) is 14.1. The minimum Gasteiger partial charge on any atom is -0.493 e. The molecule has 0 aromatic heterocycles. The van der Waals surface area contributed by atoms with E-state index in [4.69, 9.17) is 32.7 Å². The fourth-order valence-corrected chi connectivity index (χ4v) is 3.48. The van der Waals surface area contributed by atoms with Crippen molar-refractivity contribution in [2.45, 2.75) is 19.3 Å². The monoisotopic (exact) mass is 449 g/mol. The first-order valence-electron chi connectivity index (χ1n) is 9.35. The summed E-state index contributed by atoms with van der Waals surface area (Å²) in [6.07, 6.45) is -0.614. The topological polar surface area (TPSA) is 50.7 Å². The van der Waals surface area contributed by atoms with Gasteiger partial charge in [0.2, 0.25) is 0 Å². The number of nitrogens with one attached hydrogen (secondary N) is 1. The van der Waals surface area contributed by atoms with E-state index in [1.807, 2.05) is 30.3 Å². The van der Waals surface area contributed by atoms with Crippen molar-refractivity contribution < 1.29 is 19.0 Å². The highest BCUT2D eigenvalue weighted by molar-refractivity contribution is 6.32. The number of hydrogen-bond donors (Lipinski definition) is 2. The Morgan fingerprint density at radius 2 is 1.80 bits per heavy atom. The van der Waals surface area contributed by atoms with Gasteiger partial charge in [0.05, 0.1) is 23.3 Å². The van der Waals surface area contributed by atoms with Gasteiger partial charge in [0.15, 0.2) is 11.5 Å². The van der Waals surface area contributed by atoms with E-state index >= 15 is 0 Å². The molecule has 0 aliphatic heterocycles. The van der Waals surface area contributed by atoms with Crippen molar-refractivity contribution in [2.24, 2.45) is 0 Å². The van der Waals surface area contributed by atoms with Crippen LogP contribution in [0.3, 0.4) is 0 Å². The summed E-state index contributed by atoms with van der Waals surface area (Å²) < 4.78 is 25.1. The summed E-state index contributed by atoms with van der Waals surface area (Å²) in [5.41, 5.74) is 1.95. The zero-order valence-corrected chi connectivity index (χ0v) is 17.9. The van der Waals surface area contributed by atoms with E-state index in [0.29, 0.717) is 29.6 Å². The van der Waals surface area contributed by atoms with Crippen LogP contribution in [0.5, 0.6) is 11.5 Å². The largest absolute Gasteiger partial charge is 0.493 e. The number of halogens is 3. The van der Waals surface area contributed by atoms with Crippen LogP contribution in [0.15, 0.2) is 60.7 Å². The highest BCUT2D eigenvalue weighted by atomic mass is 35.5. The molecular weight excluding hydrogens is 428 g/mol. The standard InChI is InChI=1S/C23H22Cl2FNO3/c1-29-22-11-15(12-27-13-21(28)16-6-3-2-4-7-16)10-19(25)23(22)30-14-17-18(24)8-5-9-20(17)26/h2-11,21,27-28H,12-14H2,1H3. The minimum atomic E-state index is -0.614. The fraction of sp³-hybridized carbons (Fsp3) is 0.217. The zero-order chi connectivity index (χ0) is 21.5. The number of hydrogen-bond acceptors (Lipinski definition) is 4. The van der Waals surface area contributed by atoms with Crippen molar-refractivity contribution in [3.8, 4) is 11.5 Å². The lowest BCUT2D eigenvalue weighted by atomic mass is 10.1. The molecule has 0 amide bonds. The first kappa shape index (κ1) is 22.4. The highest BCUT2D eigenvalue weighted by Crippen LogP contribution is 2.37. The van der Waals surface area contributed by atoms with E-state index in [2.05, 4.69) is 5.32 Å². The van der Waals surface area contributed by atoms with Gasteiger partial charge in [0.1, 0.15) is 12.4 Å². The molecule has 3 rings (SSSR count). The average molecular weight is 450 g/mol. The number of ether oxygens (including phenoxy) is 2. The quantitative estimate of drug-likeness (QED) is 0.449. The summed E-state index contributed by atoms with van der Waals surface area (Å²) in [5.74, 6) is 0.289. The number of aliphatic hydroxyl groups is 1. The van der Waals surface area contributed by atoms with Gasteiger partial charge >= 0.3 is 0 Å². The van der Waals surface area contributed by atoms with Gasteiger partial charge in [-0.15, -0.1) is 0 Å². The molecule has 30 heavy (non-hydrogen) atoms. The van der Waals surface area contributed by atoms with E-state index in [9.17, 15) is 9.50 Å². The Hall–Kier alpha value is -2.31. The maximum atomic E-state index is 14.0. The minimum absolute atomic E-state index is 0.0809. The summed E-state index contributed by atoms with van der Waals surface area (Å²) in [6, 6.07) is 17.4. The molecule has 0 aliphatic carbocycles. The number of benzene rings is 3. The molecule has 0 radical (unpaired) electrons.